The van der Waals surface area contributed by atoms with Crippen LogP contribution in [0.15, 0.2) is 42.5 Å². The first-order valence-corrected chi connectivity index (χ1v) is 12.0. The fraction of sp³-hybridized carbons (Fsp3) is 0.538. The number of unbranched alkanes of at least 4 members (excludes halogenated alkanes) is 2. The van der Waals surface area contributed by atoms with Crippen LogP contribution in [-0.4, -0.2) is 38.2 Å². The molecule has 7 heteroatoms. The topological polar surface area (TPSA) is 33.7 Å². The van der Waals surface area contributed by atoms with Gasteiger partial charge in [-0.15, -0.1) is 24.8 Å². The third kappa shape index (κ3) is 12.2. The molecule has 0 heterocycles. The third-order valence-corrected chi connectivity index (χ3v) is 5.61. The van der Waals surface area contributed by atoms with Gasteiger partial charge in [-0.2, -0.15) is 0 Å². The lowest BCUT2D eigenvalue weighted by atomic mass is 10.2. The second kappa shape index (κ2) is 19.2. The maximum absolute atomic E-state index is 6.52. The molecular weight excluding hydrogens is 479 g/mol. The Morgan fingerprint density at radius 1 is 0.879 bits per heavy atom. The molecule has 1 N–H and O–H groups in total. The molecule has 2 aromatic rings. The zero-order chi connectivity index (χ0) is 22.3. The standard InChI is InChI=1S/C26H39ClN2O2.2ClH/c1-4-6-15-29(16-7-5-2)17-11-14-28-20-23-18-24(27)26(25(19-23)30-3)31-21-22-12-9-8-10-13-22;;/h8-10,12-13,18-19,28H,4-7,11,14-17,20-21H2,1-3H3;2*1H. The summed E-state index contributed by atoms with van der Waals surface area (Å²) in [6.07, 6.45) is 6.24. The molecule has 0 saturated heterocycles. The van der Waals surface area contributed by atoms with E-state index in [4.69, 9.17) is 21.1 Å². The van der Waals surface area contributed by atoms with Crippen molar-refractivity contribution in [1.29, 1.82) is 0 Å². The van der Waals surface area contributed by atoms with Crippen molar-refractivity contribution in [3.05, 3.63) is 58.6 Å². The molecular formula is C26H41Cl3N2O2. The van der Waals surface area contributed by atoms with E-state index in [0.717, 1.165) is 37.2 Å². The van der Waals surface area contributed by atoms with E-state index < -0.39 is 0 Å². The Labute approximate surface area is 218 Å². The minimum Gasteiger partial charge on any atom is -0.493 e. The molecule has 0 saturated carbocycles. The number of hydrogen-bond donors (Lipinski definition) is 1. The lowest BCUT2D eigenvalue weighted by molar-refractivity contribution is 0.261. The number of hydrogen-bond acceptors (Lipinski definition) is 4. The summed E-state index contributed by atoms with van der Waals surface area (Å²) in [7, 11) is 1.65. The molecule has 4 nitrogen and oxygen atoms in total. The summed E-state index contributed by atoms with van der Waals surface area (Å²) in [5.74, 6) is 1.27. The summed E-state index contributed by atoms with van der Waals surface area (Å²) < 4.78 is 11.5. The SMILES string of the molecule is CCCCN(CCCC)CCCNCc1cc(Cl)c(OCc2ccccc2)c(OC)c1.Cl.Cl. The summed E-state index contributed by atoms with van der Waals surface area (Å²) in [4.78, 5) is 2.60. The predicted molar refractivity (Wildman–Crippen MR) is 146 cm³/mol. The van der Waals surface area contributed by atoms with Crippen molar-refractivity contribution in [3.8, 4) is 11.5 Å². The van der Waals surface area contributed by atoms with E-state index in [1.165, 1.54) is 38.8 Å². The highest BCUT2D eigenvalue weighted by Crippen LogP contribution is 2.37. The van der Waals surface area contributed by atoms with E-state index in [-0.39, 0.29) is 24.8 Å². The van der Waals surface area contributed by atoms with Crippen LogP contribution in [0.4, 0.5) is 0 Å². The second-order valence-corrected chi connectivity index (χ2v) is 8.37. The molecule has 0 bridgehead atoms. The van der Waals surface area contributed by atoms with Gasteiger partial charge in [0, 0.05) is 6.54 Å². The summed E-state index contributed by atoms with van der Waals surface area (Å²) in [6, 6.07) is 14.0. The highest BCUT2D eigenvalue weighted by atomic mass is 35.5. The molecule has 0 fully saturated rings. The van der Waals surface area contributed by atoms with Crippen LogP contribution in [0.2, 0.25) is 5.02 Å². The predicted octanol–water partition coefficient (Wildman–Crippen LogP) is 7.15. The van der Waals surface area contributed by atoms with Gasteiger partial charge < -0.3 is 19.7 Å². The van der Waals surface area contributed by atoms with E-state index >= 15 is 0 Å². The minimum absolute atomic E-state index is 0. The number of ether oxygens (including phenoxy) is 2. The van der Waals surface area contributed by atoms with Crippen LogP contribution in [-0.2, 0) is 13.2 Å². The summed E-state index contributed by atoms with van der Waals surface area (Å²) in [5, 5.41) is 4.12. The number of rotatable bonds is 16. The van der Waals surface area contributed by atoms with Crippen LogP contribution >= 0.6 is 36.4 Å². The van der Waals surface area contributed by atoms with E-state index in [9.17, 15) is 0 Å². The van der Waals surface area contributed by atoms with Crippen molar-refractivity contribution < 1.29 is 9.47 Å². The van der Waals surface area contributed by atoms with Gasteiger partial charge in [-0.05, 0) is 68.7 Å². The molecule has 2 aromatic carbocycles. The quantitative estimate of drug-likeness (QED) is 0.239. The number of nitrogens with one attached hydrogen (secondary N) is 1. The van der Waals surface area contributed by atoms with Gasteiger partial charge in [0.2, 0.25) is 0 Å². The van der Waals surface area contributed by atoms with Crippen molar-refractivity contribution in [2.24, 2.45) is 0 Å². The monoisotopic (exact) mass is 518 g/mol. The molecule has 2 rings (SSSR count). The summed E-state index contributed by atoms with van der Waals surface area (Å²) in [5.41, 5.74) is 2.20. The van der Waals surface area contributed by atoms with Crippen molar-refractivity contribution in [3.63, 3.8) is 0 Å². The molecule has 0 spiro atoms. The Kier molecular flexibility index (Phi) is 18.5. The molecule has 0 atom stereocenters. The molecule has 0 radical (unpaired) electrons. The van der Waals surface area contributed by atoms with Gasteiger partial charge in [0.05, 0.1) is 12.1 Å². The van der Waals surface area contributed by atoms with Gasteiger partial charge >= 0.3 is 0 Å². The van der Waals surface area contributed by atoms with Gasteiger partial charge in [0.25, 0.3) is 0 Å². The fourth-order valence-electron chi connectivity index (χ4n) is 3.50. The van der Waals surface area contributed by atoms with Gasteiger partial charge in [0.1, 0.15) is 6.61 Å². The van der Waals surface area contributed by atoms with Gasteiger partial charge in [-0.25, -0.2) is 0 Å². The molecule has 0 unspecified atom stereocenters. The third-order valence-electron chi connectivity index (χ3n) is 5.33. The average Bonchev–Trinajstić information content (AvgIpc) is 2.79. The Hall–Kier alpha value is -1.17. The van der Waals surface area contributed by atoms with Gasteiger partial charge in [0.15, 0.2) is 11.5 Å². The molecule has 33 heavy (non-hydrogen) atoms. The zero-order valence-corrected chi connectivity index (χ0v) is 22.7. The van der Waals surface area contributed by atoms with Crippen LogP contribution in [0.25, 0.3) is 0 Å². The van der Waals surface area contributed by atoms with E-state index in [2.05, 4.69) is 24.1 Å². The van der Waals surface area contributed by atoms with Crippen molar-refractivity contribution in [2.45, 2.75) is 59.1 Å². The van der Waals surface area contributed by atoms with Crippen molar-refractivity contribution in [2.75, 3.05) is 33.3 Å². The van der Waals surface area contributed by atoms with Crippen LogP contribution in [0.5, 0.6) is 11.5 Å². The average molecular weight is 520 g/mol. The molecule has 0 aliphatic rings. The second-order valence-electron chi connectivity index (χ2n) is 7.96. The maximum atomic E-state index is 6.52. The Balaban J connectivity index is 0.00000512. The van der Waals surface area contributed by atoms with E-state index in [0.29, 0.717) is 23.1 Å². The first-order chi connectivity index (χ1) is 15.2. The van der Waals surface area contributed by atoms with E-state index in [1.807, 2.05) is 42.5 Å². The van der Waals surface area contributed by atoms with Crippen LogP contribution in [0, 0.1) is 0 Å². The minimum atomic E-state index is 0. The lowest BCUT2D eigenvalue weighted by Crippen LogP contribution is -2.29. The van der Waals surface area contributed by atoms with Crippen molar-refractivity contribution in [1.82, 2.24) is 10.2 Å². The van der Waals surface area contributed by atoms with Crippen LogP contribution in [0.3, 0.4) is 0 Å². The van der Waals surface area contributed by atoms with Crippen LogP contribution < -0.4 is 14.8 Å². The Morgan fingerprint density at radius 2 is 1.52 bits per heavy atom. The first kappa shape index (κ1) is 31.8. The van der Waals surface area contributed by atoms with Crippen LogP contribution in [0.1, 0.15) is 57.1 Å². The van der Waals surface area contributed by atoms with Crippen molar-refractivity contribution >= 4 is 36.4 Å². The summed E-state index contributed by atoms with van der Waals surface area (Å²) in [6.45, 7) is 10.3. The normalized spacial score (nSPS) is 10.5. The largest absolute Gasteiger partial charge is 0.493 e. The fourth-order valence-corrected chi connectivity index (χ4v) is 3.79. The zero-order valence-electron chi connectivity index (χ0n) is 20.3. The highest BCUT2D eigenvalue weighted by Gasteiger charge is 2.12. The molecule has 0 amide bonds. The Bertz CT molecular complexity index is 740. The first-order valence-electron chi connectivity index (χ1n) is 11.6. The molecule has 0 aliphatic heterocycles. The van der Waals surface area contributed by atoms with Gasteiger partial charge in [-0.3, -0.25) is 0 Å². The number of nitrogens with zero attached hydrogens (tertiary/aromatic N) is 1. The number of halogens is 3. The highest BCUT2D eigenvalue weighted by molar-refractivity contribution is 6.32. The Morgan fingerprint density at radius 3 is 2.12 bits per heavy atom. The number of benzene rings is 2. The lowest BCUT2D eigenvalue weighted by Gasteiger charge is -2.22. The van der Waals surface area contributed by atoms with Gasteiger partial charge in [-0.1, -0.05) is 68.6 Å². The summed E-state index contributed by atoms with van der Waals surface area (Å²) >= 11 is 6.52. The molecule has 188 valence electrons. The maximum Gasteiger partial charge on any atom is 0.180 e. The molecule has 0 aliphatic carbocycles. The smallest absolute Gasteiger partial charge is 0.180 e. The molecule has 0 aromatic heterocycles. The number of methoxy groups -OCH3 is 1. The van der Waals surface area contributed by atoms with E-state index in [1.54, 1.807) is 7.11 Å².